The van der Waals surface area contributed by atoms with E-state index in [1.165, 1.54) is 6.07 Å². The molecule has 0 bridgehead atoms. The first-order chi connectivity index (χ1) is 7.72. The Labute approximate surface area is 92.6 Å². The van der Waals surface area contributed by atoms with Crippen LogP contribution in [0.5, 0.6) is 0 Å². The first-order valence-electron chi connectivity index (χ1n) is 4.89. The maximum Gasteiger partial charge on any atom is 0.140 e. The van der Waals surface area contributed by atoms with Gasteiger partial charge in [-0.2, -0.15) is 5.26 Å². The highest BCUT2D eigenvalue weighted by atomic mass is 19.1. The largest absolute Gasteiger partial charge is 0.342 e. The van der Waals surface area contributed by atoms with Gasteiger partial charge in [-0.1, -0.05) is 12.1 Å². The van der Waals surface area contributed by atoms with Crippen molar-refractivity contribution in [2.24, 2.45) is 0 Å². The molecule has 3 nitrogen and oxygen atoms in total. The van der Waals surface area contributed by atoms with Crippen molar-refractivity contribution in [1.82, 2.24) is 9.97 Å². The Morgan fingerprint density at radius 2 is 2.19 bits per heavy atom. The molecule has 0 fully saturated rings. The van der Waals surface area contributed by atoms with Crippen molar-refractivity contribution >= 4 is 0 Å². The summed E-state index contributed by atoms with van der Waals surface area (Å²) in [6, 6.07) is 8.45. The van der Waals surface area contributed by atoms with E-state index in [4.69, 9.17) is 5.26 Å². The molecule has 0 amide bonds. The molecule has 4 heteroatoms. The molecule has 0 saturated heterocycles. The Kier molecular flexibility index (Phi) is 2.69. The van der Waals surface area contributed by atoms with Gasteiger partial charge in [-0.05, 0) is 19.1 Å². The van der Waals surface area contributed by atoms with Crippen LogP contribution in [0.3, 0.4) is 0 Å². The third kappa shape index (κ3) is 1.80. The molecule has 1 aromatic heterocycles. The van der Waals surface area contributed by atoms with Gasteiger partial charge in [-0.3, -0.25) is 0 Å². The van der Waals surface area contributed by atoms with E-state index in [0.717, 1.165) is 5.69 Å². The van der Waals surface area contributed by atoms with E-state index in [1.807, 2.05) is 13.0 Å². The fraction of sp³-hybridized carbons (Fsp3) is 0.167. The maximum absolute atomic E-state index is 13.5. The molecule has 2 aromatic rings. The smallest absolute Gasteiger partial charge is 0.140 e. The van der Waals surface area contributed by atoms with Crippen LogP contribution in [0.2, 0.25) is 0 Å². The minimum Gasteiger partial charge on any atom is -0.342 e. The van der Waals surface area contributed by atoms with Crippen molar-refractivity contribution in [3.05, 3.63) is 41.5 Å². The second-order valence-electron chi connectivity index (χ2n) is 3.47. The lowest BCUT2D eigenvalue weighted by molar-refractivity contribution is 0.630. The Morgan fingerprint density at radius 3 is 2.88 bits per heavy atom. The monoisotopic (exact) mass is 215 g/mol. The molecule has 0 aliphatic rings. The van der Waals surface area contributed by atoms with Gasteiger partial charge in [0.1, 0.15) is 11.6 Å². The number of benzene rings is 1. The minimum absolute atomic E-state index is 0.233. The lowest BCUT2D eigenvalue weighted by Gasteiger charge is -1.97. The van der Waals surface area contributed by atoms with E-state index in [2.05, 4.69) is 9.97 Å². The number of halogens is 1. The normalized spacial score (nSPS) is 10.1. The lowest BCUT2D eigenvalue weighted by Crippen LogP contribution is -1.86. The SMILES string of the molecule is Cc1[nH]c(-c2ccccc2F)nc1CC#N. The summed E-state index contributed by atoms with van der Waals surface area (Å²) in [7, 11) is 0. The molecule has 0 saturated carbocycles. The van der Waals surface area contributed by atoms with E-state index in [0.29, 0.717) is 17.1 Å². The van der Waals surface area contributed by atoms with E-state index in [9.17, 15) is 4.39 Å². The number of nitrogens with one attached hydrogen (secondary N) is 1. The van der Waals surface area contributed by atoms with Crippen molar-refractivity contribution < 1.29 is 4.39 Å². The number of hydrogen-bond donors (Lipinski definition) is 1. The van der Waals surface area contributed by atoms with Gasteiger partial charge in [0, 0.05) is 5.69 Å². The van der Waals surface area contributed by atoms with Crippen molar-refractivity contribution in [2.45, 2.75) is 13.3 Å². The summed E-state index contributed by atoms with van der Waals surface area (Å²) < 4.78 is 13.5. The van der Waals surface area contributed by atoms with Gasteiger partial charge < -0.3 is 4.98 Å². The van der Waals surface area contributed by atoms with Gasteiger partial charge in [0.15, 0.2) is 0 Å². The average molecular weight is 215 g/mol. The highest BCUT2D eigenvalue weighted by Gasteiger charge is 2.10. The minimum atomic E-state index is -0.320. The number of H-pyrrole nitrogens is 1. The molecular weight excluding hydrogens is 205 g/mol. The predicted octanol–water partition coefficient (Wildman–Crippen LogP) is 2.59. The Bertz CT molecular complexity index is 552. The Balaban J connectivity index is 2.46. The van der Waals surface area contributed by atoms with Crippen LogP contribution in [0.1, 0.15) is 11.4 Å². The molecule has 2 rings (SSSR count). The summed E-state index contributed by atoms with van der Waals surface area (Å²) in [4.78, 5) is 7.20. The van der Waals surface area contributed by atoms with Crippen LogP contribution in [0.4, 0.5) is 4.39 Å². The van der Waals surface area contributed by atoms with Crippen LogP contribution in [0.15, 0.2) is 24.3 Å². The van der Waals surface area contributed by atoms with E-state index in [-0.39, 0.29) is 12.2 Å². The van der Waals surface area contributed by atoms with Crippen molar-refractivity contribution in [3.8, 4) is 17.5 Å². The summed E-state index contributed by atoms with van der Waals surface area (Å²) in [5.41, 5.74) is 1.90. The van der Waals surface area contributed by atoms with Gasteiger partial charge >= 0.3 is 0 Å². The number of aryl methyl sites for hydroxylation is 1. The first kappa shape index (κ1) is 10.4. The van der Waals surface area contributed by atoms with Crippen molar-refractivity contribution in [2.75, 3.05) is 0 Å². The van der Waals surface area contributed by atoms with E-state index < -0.39 is 0 Å². The molecule has 1 heterocycles. The molecule has 80 valence electrons. The standard InChI is InChI=1S/C12H10FN3/c1-8-11(6-7-14)16-12(15-8)9-4-2-3-5-10(9)13/h2-5H,6H2,1H3,(H,15,16). The second-order valence-corrected chi connectivity index (χ2v) is 3.47. The van der Waals surface area contributed by atoms with Gasteiger partial charge in [0.05, 0.1) is 23.7 Å². The maximum atomic E-state index is 13.5. The molecule has 0 radical (unpaired) electrons. The van der Waals surface area contributed by atoms with Crippen LogP contribution in [-0.2, 0) is 6.42 Å². The highest BCUT2D eigenvalue weighted by molar-refractivity contribution is 5.56. The van der Waals surface area contributed by atoms with Crippen molar-refractivity contribution in [1.29, 1.82) is 5.26 Å². The molecule has 1 aromatic carbocycles. The van der Waals surface area contributed by atoms with Crippen molar-refractivity contribution in [3.63, 3.8) is 0 Å². The zero-order valence-electron chi connectivity index (χ0n) is 8.79. The quantitative estimate of drug-likeness (QED) is 0.837. The van der Waals surface area contributed by atoms with Crippen LogP contribution in [0.25, 0.3) is 11.4 Å². The summed E-state index contributed by atoms with van der Waals surface area (Å²) in [5, 5.41) is 8.60. The fourth-order valence-electron chi connectivity index (χ4n) is 1.52. The summed E-state index contributed by atoms with van der Waals surface area (Å²) in [6.45, 7) is 1.82. The van der Waals surface area contributed by atoms with Crippen LogP contribution < -0.4 is 0 Å². The number of nitriles is 1. The molecular formula is C12H10FN3. The summed E-state index contributed by atoms with van der Waals surface area (Å²) >= 11 is 0. The fourth-order valence-corrected chi connectivity index (χ4v) is 1.52. The second kappa shape index (κ2) is 4.15. The predicted molar refractivity (Wildman–Crippen MR) is 58.0 cm³/mol. The van der Waals surface area contributed by atoms with E-state index in [1.54, 1.807) is 18.2 Å². The summed E-state index contributed by atoms with van der Waals surface area (Å²) in [6.07, 6.45) is 0.233. The first-order valence-corrected chi connectivity index (χ1v) is 4.89. The molecule has 0 atom stereocenters. The molecule has 0 unspecified atom stereocenters. The number of imidazole rings is 1. The van der Waals surface area contributed by atoms with Gasteiger partial charge in [0.2, 0.25) is 0 Å². The zero-order valence-corrected chi connectivity index (χ0v) is 8.79. The number of aromatic amines is 1. The third-order valence-electron chi connectivity index (χ3n) is 2.36. The molecule has 16 heavy (non-hydrogen) atoms. The average Bonchev–Trinajstić information content (AvgIpc) is 2.61. The summed E-state index contributed by atoms with van der Waals surface area (Å²) in [5.74, 6) is 0.153. The number of hydrogen-bond acceptors (Lipinski definition) is 2. The lowest BCUT2D eigenvalue weighted by atomic mass is 10.2. The number of nitrogens with zero attached hydrogens (tertiary/aromatic N) is 2. The topological polar surface area (TPSA) is 52.5 Å². The molecule has 0 spiro atoms. The van der Waals surface area contributed by atoms with Gasteiger partial charge in [-0.15, -0.1) is 0 Å². The number of rotatable bonds is 2. The van der Waals surface area contributed by atoms with Crippen LogP contribution in [0, 0.1) is 24.1 Å². The van der Waals surface area contributed by atoms with Crippen LogP contribution in [-0.4, -0.2) is 9.97 Å². The van der Waals surface area contributed by atoms with E-state index >= 15 is 0 Å². The highest BCUT2D eigenvalue weighted by Crippen LogP contribution is 2.20. The zero-order chi connectivity index (χ0) is 11.5. The third-order valence-corrected chi connectivity index (χ3v) is 2.36. The van der Waals surface area contributed by atoms with Gasteiger partial charge in [-0.25, -0.2) is 9.37 Å². The molecule has 1 N–H and O–H groups in total. The molecule has 0 aliphatic heterocycles. The molecule has 0 aliphatic carbocycles. The van der Waals surface area contributed by atoms with Gasteiger partial charge in [0.25, 0.3) is 0 Å². The Morgan fingerprint density at radius 1 is 1.44 bits per heavy atom. The Hall–Kier alpha value is -2.15. The number of aromatic nitrogens is 2. The van der Waals surface area contributed by atoms with Crippen LogP contribution >= 0.6 is 0 Å².